The van der Waals surface area contributed by atoms with E-state index in [4.69, 9.17) is 9.15 Å². The van der Waals surface area contributed by atoms with E-state index >= 15 is 0 Å². The van der Waals surface area contributed by atoms with Gasteiger partial charge in [0, 0.05) is 5.92 Å². The van der Waals surface area contributed by atoms with E-state index in [9.17, 15) is 4.79 Å². The van der Waals surface area contributed by atoms with E-state index < -0.39 is 11.0 Å². The number of furan rings is 1. The van der Waals surface area contributed by atoms with Crippen molar-refractivity contribution in [3.8, 4) is 0 Å². The molecule has 2 atom stereocenters. The van der Waals surface area contributed by atoms with Gasteiger partial charge in [-0.1, -0.05) is 0 Å². The minimum absolute atomic E-state index is 0.130. The van der Waals surface area contributed by atoms with E-state index in [-0.39, 0.29) is 11.9 Å². The molecule has 1 aliphatic heterocycles. The highest BCUT2D eigenvalue weighted by molar-refractivity contribution is 5.89. The van der Waals surface area contributed by atoms with Crippen LogP contribution in [0.15, 0.2) is 16.5 Å². The maximum Gasteiger partial charge on any atom is 0.321 e. The summed E-state index contributed by atoms with van der Waals surface area (Å²) in [5.41, 5.74) is -0.868. The molecule has 3 heteroatoms. The number of hydrogen-bond acceptors (Lipinski definition) is 3. The van der Waals surface area contributed by atoms with Gasteiger partial charge in [0.1, 0.15) is 22.5 Å². The first-order chi connectivity index (χ1) is 6.93. The van der Waals surface area contributed by atoms with Gasteiger partial charge in [0.25, 0.3) is 0 Å². The van der Waals surface area contributed by atoms with Crippen LogP contribution in [0, 0.1) is 0 Å². The van der Waals surface area contributed by atoms with E-state index in [2.05, 4.69) is 0 Å². The van der Waals surface area contributed by atoms with Crippen molar-refractivity contribution in [2.45, 2.75) is 44.1 Å². The van der Waals surface area contributed by atoms with Gasteiger partial charge in [-0.05, 0) is 39.3 Å². The van der Waals surface area contributed by atoms with Gasteiger partial charge < -0.3 is 9.15 Å². The average molecular weight is 206 g/mol. The molecule has 2 heterocycles. The van der Waals surface area contributed by atoms with Crippen LogP contribution in [0.3, 0.4) is 0 Å². The zero-order valence-electron chi connectivity index (χ0n) is 9.16. The summed E-state index contributed by atoms with van der Waals surface area (Å²) in [6, 6.07) is 3.85. The summed E-state index contributed by atoms with van der Waals surface area (Å²) in [4.78, 5) is 12.0. The van der Waals surface area contributed by atoms with Crippen molar-refractivity contribution in [1.29, 1.82) is 0 Å². The van der Waals surface area contributed by atoms with Gasteiger partial charge in [-0.15, -0.1) is 0 Å². The molecule has 0 aromatic carbocycles. The number of carbonyl (C=O) groups excluding carboxylic acids is 1. The Balaban J connectivity index is 1.87. The third-order valence-electron chi connectivity index (χ3n) is 3.13. The summed E-state index contributed by atoms with van der Waals surface area (Å²) in [5.74, 6) is 1.86. The molecule has 1 saturated carbocycles. The number of rotatable bonds is 1. The Kier molecular flexibility index (Phi) is 1.37. The van der Waals surface area contributed by atoms with Crippen molar-refractivity contribution in [2.75, 3.05) is 0 Å². The Morgan fingerprint density at radius 3 is 2.80 bits per heavy atom. The third-order valence-corrected chi connectivity index (χ3v) is 3.13. The van der Waals surface area contributed by atoms with Crippen molar-refractivity contribution < 1.29 is 13.9 Å². The molecule has 1 aliphatic carbocycles. The molecule has 3 nitrogen and oxygen atoms in total. The fourth-order valence-corrected chi connectivity index (χ4v) is 2.35. The largest absolute Gasteiger partial charge is 0.464 e. The van der Waals surface area contributed by atoms with Crippen LogP contribution in [0.4, 0.5) is 0 Å². The zero-order chi connectivity index (χ0) is 10.8. The molecule has 0 saturated heterocycles. The Hall–Kier alpha value is -1.25. The summed E-state index contributed by atoms with van der Waals surface area (Å²) < 4.78 is 10.9. The molecule has 1 fully saturated rings. The minimum Gasteiger partial charge on any atom is -0.464 e. The van der Waals surface area contributed by atoms with Crippen LogP contribution in [0.2, 0.25) is 0 Å². The first kappa shape index (κ1) is 9.01. The summed E-state index contributed by atoms with van der Waals surface area (Å²) in [6.07, 6.45) is 0.861. The first-order valence-electron chi connectivity index (χ1n) is 5.27. The molecule has 1 aromatic rings. The highest BCUT2D eigenvalue weighted by Crippen LogP contribution is 2.66. The van der Waals surface area contributed by atoms with E-state index in [1.54, 1.807) is 0 Å². The molecule has 80 valence electrons. The van der Waals surface area contributed by atoms with Crippen LogP contribution >= 0.6 is 0 Å². The zero-order valence-corrected chi connectivity index (χ0v) is 9.16. The van der Waals surface area contributed by atoms with Gasteiger partial charge in [0.2, 0.25) is 0 Å². The minimum atomic E-state index is -0.447. The molecule has 3 rings (SSSR count). The quantitative estimate of drug-likeness (QED) is 0.662. The molecule has 2 bridgehead atoms. The summed E-state index contributed by atoms with van der Waals surface area (Å²) in [5, 5.41) is 0. The predicted molar refractivity (Wildman–Crippen MR) is 53.6 cm³/mol. The smallest absolute Gasteiger partial charge is 0.321 e. The molecule has 15 heavy (non-hydrogen) atoms. The topological polar surface area (TPSA) is 39.4 Å². The predicted octanol–water partition coefficient (Wildman–Crippen LogP) is 2.36. The SMILES string of the molecule is CC(C)(C)OC(=O)C12CC1c1ccc2o1. The fraction of sp³-hybridized carbons (Fsp3) is 0.583. The standard InChI is InChI=1S/C12H14O3/c1-11(2,3)15-10(13)12-6-7(12)8-4-5-9(12)14-8/h4-5,7H,6H2,1-3H3. The number of carbonyl (C=O) groups is 1. The van der Waals surface area contributed by atoms with Gasteiger partial charge in [-0.25, -0.2) is 0 Å². The normalized spacial score (nSPS) is 31.3. The van der Waals surface area contributed by atoms with Gasteiger partial charge in [0.15, 0.2) is 0 Å². The maximum atomic E-state index is 12.0. The second-order valence-electron chi connectivity index (χ2n) is 5.43. The lowest BCUT2D eigenvalue weighted by atomic mass is 9.98. The van der Waals surface area contributed by atoms with Crippen molar-refractivity contribution in [1.82, 2.24) is 0 Å². The van der Waals surface area contributed by atoms with Crippen LogP contribution in [0.25, 0.3) is 0 Å². The first-order valence-corrected chi connectivity index (χ1v) is 5.27. The molecule has 2 unspecified atom stereocenters. The van der Waals surface area contributed by atoms with Crippen LogP contribution in [-0.4, -0.2) is 11.6 Å². The van der Waals surface area contributed by atoms with Gasteiger partial charge >= 0.3 is 5.97 Å². The highest BCUT2D eigenvalue weighted by atomic mass is 16.6. The number of hydrogen-bond donors (Lipinski definition) is 0. The fourth-order valence-electron chi connectivity index (χ4n) is 2.35. The van der Waals surface area contributed by atoms with E-state index in [0.717, 1.165) is 17.9 Å². The molecule has 0 N–H and O–H groups in total. The van der Waals surface area contributed by atoms with Crippen LogP contribution in [-0.2, 0) is 14.9 Å². The third kappa shape index (κ3) is 1.03. The Bertz CT molecular complexity index is 438. The monoisotopic (exact) mass is 206 g/mol. The number of esters is 1. The van der Waals surface area contributed by atoms with Crippen LogP contribution in [0.1, 0.15) is 44.6 Å². The maximum absolute atomic E-state index is 12.0. The lowest BCUT2D eigenvalue weighted by molar-refractivity contribution is -0.158. The van der Waals surface area contributed by atoms with Crippen molar-refractivity contribution in [2.24, 2.45) is 0 Å². The molecule has 0 spiro atoms. The van der Waals surface area contributed by atoms with E-state index in [1.165, 1.54) is 0 Å². The summed E-state index contributed by atoms with van der Waals surface area (Å²) >= 11 is 0. The van der Waals surface area contributed by atoms with Crippen molar-refractivity contribution >= 4 is 5.97 Å². The second kappa shape index (κ2) is 2.29. The Morgan fingerprint density at radius 2 is 2.27 bits per heavy atom. The molecular formula is C12H14O3. The van der Waals surface area contributed by atoms with E-state index in [1.807, 2.05) is 32.9 Å². The lowest BCUT2D eigenvalue weighted by Gasteiger charge is -2.22. The molecule has 2 aliphatic rings. The summed E-state index contributed by atoms with van der Waals surface area (Å²) in [6.45, 7) is 5.67. The number of ether oxygens (including phenoxy) is 1. The Morgan fingerprint density at radius 1 is 1.53 bits per heavy atom. The highest BCUT2D eigenvalue weighted by Gasteiger charge is 2.70. The molecule has 1 aromatic heterocycles. The van der Waals surface area contributed by atoms with E-state index in [0.29, 0.717) is 0 Å². The van der Waals surface area contributed by atoms with Crippen LogP contribution < -0.4 is 0 Å². The second-order valence-corrected chi connectivity index (χ2v) is 5.43. The molecule has 0 amide bonds. The Labute approximate surface area is 88.4 Å². The summed E-state index contributed by atoms with van der Waals surface area (Å²) in [7, 11) is 0. The molecular weight excluding hydrogens is 192 g/mol. The lowest BCUT2D eigenvalue weighted by Crippen LogP contribution is -2.32. The van der Waals surface area contributed by atoms with Crippen LogP contribution in [0.5, 0.6) is 0 Å². The van der Waals surface area contributed by atoms with Crippen molar-refractivity contribution in [3.05, 3.63) is 23.7 Å². The number of fused-ring (bicyclic) bond motifs is 5. The molecule has 0 radical (unpaired) electrons. The van der Waals surface area contributed by atoms with Gasteiger partial charge in [0.05, 0.1) is 0 Å². The van der Waals surface area contributed by atoms with Gasteiger partial charge in [-0.3, -0.25) is 4.79 Å². The average Bonchev–Trinajstić information content (AvgIpc) is 2.61. The van der Waals surface area contributed by atoms with Crippen molar-refractivity contribution in [3.63, 3.8) is 0 Å². The van der Waals surface area contributed by atoms with Gasteiger partial charge in [-0.2, -0.15) is 0 Å².